The summed E-state index contributed by atoms with van der Waals surface area (Å²) in [4.78, 5) is 32.5. The third-order valence-corrected chi connectivity index (χ3v) is 14.2. The molecule has 5 aliphatic rings. The van der Waals surface area contributed by atoms with Gasteiger partial charge in [-0.3, -0.25) is 14.7 Å². The van der Waals surface area contributed by atoms with Crippen LogP contribution in [-0.4, -0.2) is 80.4 Å². The zero-order valence-corrected chi connectivity index (χ0v) is 79.3. The summed E-state index contributed by atoms with van der Waals surface area (Å²) in [7, 11) is -3.45. The van der Waals surface area contributed by atoms with Crippen molar-refractivity contribution < 1.29 is 358 Å². The second kappa shape index (κ2) is 44.6. The van der Waals surface area contributed by atoms with Crippen LogP contribution in [0.2, 0.25) is 6.82 Å². The van der Waals surface area contributed by atoms with Crippen LogP contribution in [0.25, 0.3) is 19.4 Å². The van der Waals surface area contributed by atoms with Gasteiger partial charge in [-0.1, -0.05) is 81.5 Å². The number of pyridine rings is 3. The van der Waals surface area contributed by atoms with Crippen molar-refractivity contribution in [3.63, 3.8) is 0 Å². The molecular weight excluding hydrogens is 1650 g/mol. The minimum atomic E-state index is -0.873. The predicted octanol–water partition coefficient (Wildman–Crippen LogP) is -6.67. The Hall–Kier alpha value is -2.71. The number of fused-ring (bicyclic) bond motifs is 5. The first-order valence-electron chi connectivity index (χ1n) is 28.4. The Morgan fingerprint density at radius 2 is 0.950 bits per heavy atom. The molecule has 9 heterocycles. The maximum absolute atomic E-state index is 9.52. The van der Waals surface area contributed by atoms with E-state index in [0.29, 0.717) is 96.2 Å². The van der Waals surface area contributed by atoms with E-state index in [0.717, 1.165) is 49.9 Å². The van der Waals surface area contributed by atoms with Gasteiger partial charge in [0.05, 0.1) is 64.5 Å². The van der Waals surface area contributed by atoms with Crippen molar-refractivity contribution in [2.24, 2.45) is 0 Å². The van der Waals surface area contributed by atoms with Crippen LogP contribution in [0.3, 0.4) is 0 Å². The Bertz CT molecular complexity index is 4190. The van der Waals surface area contributed by atoms with Gasteiger partial charge in [-0.05, 0) is 116 Å². The Labute approximate surface area is 829 Å². The quantitative estimate of drug-likeness (QED) is 0.0732. The summed E-state index contributed by atoms with van der Waals surface area (Å²) < 4.78 is 53.8. The second-order valence-corrected chi connectivity index (χ2v) is 20.4. The average Bonchev–Trinajstić information content (AvgIpc) is 1.75. The molecule has 0 spiro atoms. The van der Waals surface area contributed by atoms with Crippen LogP contribution in [0, 0.1) is 68.2 Å². The van der Waals surface area contributed by atoms with Crippen molar-refractivity contribution in [1.29, 1.82) is 5.26 Å². The molecule has 0 bridgehead atoms. The molecule has 0 amide bonds. The third kappa shape index (κ3) is 24.9. The summed E-state index contributed by atoms with van der Waals surface area (Å²) in [5.41, 5.74) is 10.8. The molecule has 0 fully saturated rings. The van der Waals surface area contributed by atoms with Crippen molar-refractivity contribution in [2.75, 3.05) is 0 Å². The molecule has 101 heavy (non-hydrogen) atoms. The van der Waals surface area contributed by atoms with Gasteiger partial charge in [0, 0.05) is 17.5 Å². The third-order valence-electron chi connectivity index (χ3n) is 14.2. The fourth-order valence-corrected chi connectivity index (χ4v) is 9.46. The van der Waals surface area contributed by atoms with Crippen molar-refractivity contribution in [3.8, 4) is 64.2 Å². The van der Waals surface area contributed by atoms with Gasteiger partial charge in [-0.2, -0.15) is 23.5 Å². The van der Waals surface area contributed by atoms with E-state index in [9.17, 15) is 20.1 Å². The number of aromatic nitrogens is 5. The van der Waals surface area contributed by atoms with Crippen molar-refractivity contribution in [3.05, 3.63) is 262 Å². The van der Waals surface area contributed by atoms with E-state index in [1.165, 1.54) is 41.7 Å². The summed E-state index contributed by atoms with van der Waals surface area (Å²) in [6.45, 7) is 31.6. The van der Waals surface area contributed by atoms with Crippen LogP contribution in [0.4, 0.5) is 22.7 Å². The predicted molar refractivity (Wildman–Crippen MR) is 350 cm³/mol. The Morgan fingerprint density at radius 3 is 1.41 bits per heavy atom. The normalized spacial score (nSPS) is 12.2. The molecule has 6 aromatic carbocycles. The minimum Gasteiger partial charge on any atom is -0.499 e. The largest absolute Gasteiger partial charge is 1.00 e. The van der Waals surface area contributed by atoms with Gasteiger partial charge in [0.15, 0.2) is 11.7 Å². The van der Waals surface area contributed by atoms with Crippen molar-refractivity contribution in [2.45, 2.75) is 47.3 Å². The molecule has 0 saturated carbocycles. The minimum absolute atomic E-state index is 0. The summed E-state index contributed by atoms with van der Waals surface area (Å²) in [6, 6.07) is 48.8. The maximum Gasteiger partial charge on any atom is 1.00 e. The smallest absolute Gasteiger partial charge is 0.499 e. The van der Waals surface area contributed by atoms with Gasteiger partial charge in [-0.15, -0.1) is 30.3 Å². The average molecular weight is 1700 g/mol. The van der Waals surface area contributed by atoms with E-state index in [4.69, 9.17) is 78.5 Å². The first-order chi connectivity index (χ1) is 46.3. The molecule has 0 atom stereocenters. The zero-order valence-electron chi connectivity index (χ0n) is 54.7. The first kappa shape index (κ1) is 88.9. The van der Waals surface area contributed by atoms with E-state index < -0.39 is 28.5 Å². The van der Waals surface area contributed by atoms with Crippen LogP contribution in [-0.2, 0) is 56.3 Å². The molecule has 15 rings (SSSR count). The van der Waals surface area contributed by atoms with Crippen LogP contribution < -0.4 is 342 Å². The van der Waals surface area contributed by atoms with Crippen LogP contribution in [0.15, 0.2) is 152 Å². The number of hydrogen-bond acceptors (Lipinski definition) is 20. The Kier molecular flexibility index (Phi) is 39.2. The van der Waals surface area contributed by atoms with E-state index in [1.807, 2.05) is 31.1 Å². The van der Waals surface area contributed by atoms with Crippen molar-refractivity contribution >= 4 is 85.5 Å². The van der Waals surface area contributed by atoms with Crippen LogP contribution in [0.5, 0.6) is 58.1 Å². The molecule has 4 aromatic heterocycles. The molecule has 0 radical (unpaired) electrons. The van der Waals surface area contributed by atoms with Gasteiger partial charge >= 0.3 is 326 Å². The first-order valence-corrected chi connectivity index (χ1v) is 28.4. The van der Waals surface area contributed by atoms with E-state index in [2.05, 4.69) is 74.9 Å². The molecule has 0 aliphatic carbocycles. The van der Waals surface area contributed by atoms with Crippen LogP contribution >= 0.6 is 0 Å². The van der Waals surface area contributed by atoms with Gasteiger partial charge in [0.1, 0.15) is 58.6 Å². The molecule has 10 aromatic rings. The molecule has 5 aliphatic heterocycles. The number of hydrogen-bond donors (Lipinski definition) is 4. The molecule has 0 saturated heterocycles. The fraction of sp³-hybridized carbons (Fsp3) is 0.104. The van der Waals surface area contributed by atoms with Crippen molar-refractivity contribution in [1.82, 2.24) is 24.9 Å². The molecule has 24 nitrogen and oxygen atoms in total. The number of nitrogens with zero attached hydrogens (tertiary/aromatic N) is 10. The second-order valence-electron chi connectivity index (χ2n) is 20.4. The number of benzene rings is 6. The summed E-state index contributed by atoms with van der Waals surface area (Å²) in [5.74, 6) is 4.54. The Balaban J connectivity index is 0.000000224. The molecular formula is C67H46B5N10O14Rb5. The van der Waals surface area contributed by atoms with Gasteiger partial charge < -0.3 is 87.0 Å². The summed E-state index contributed by atoms with van der Waals surface area (Å²) >= 11 is 0. The SMILES string of the molecule is C.N#Cc1cc[c-]nc1Oc1ccc2c(c1)COB2O.[C-]#[N+]c1[c-]cc(Oc2ccc3c(c2)COB3O)nc1.[C-]#[N+]c1[c-]nc(Oc2ccc3c(c2)COB3O)nc1.[C-]#[N+]c1c[c-]c(Oc2ccc3c(c2)COB3C)cc1.[C-]#[N+]c1c[c-]c(Oc2ccc3c(c2)COB3O)nc1.[Rb+].[Rb+].[Rb+].[Rb+].[Rb+]. The van der Waals surface area contributed by atoms with E-state index >= 15 is 0 Å². The zero-order chi connectivity index (χ0) is 66.2. The van der Waals surface area contributed by atoms with E-state index in [1.54, 1.807) is 103 Å². The van der Waals surface area contributed by atoms with Crippen LogP contribution in [0.1, 0.15) is 40.8 Å². The van der Waals surface area contributed by atoms with Gasteiger partial charge in [0.25, 0.3) is 0 Å². The molecule has 0 unspecified atom stereocenters. The summed E-state index contributed by atoms with van der Waals surface area (Å²) in [5, 5.41) is 47.0. The fourth-order valence-electron chi connectivity index (χ4n) is 9.46. The molecule has 4 N–H and O–H groups in total. The Morgan fingerprint density at radius 1 is 0.475 bits per heavy atom. The van der Waals surface area contributed by atoms with Gasteiger partial charge in [-0.25, -0.2) is 9.69 Å². The topological polar surface area (TPSA) is 279 Å². The molecule has 34 heteroatoms. The molecule has 468 valence electrons. The monoisotopic (exact) mass is 1690 g/mol. The maximum atomic E-state index is 9.52. The number of rotatable bonds is 10. The van der Waals surface area contributed by atoms with Gasteiger partial charge in [0.2, 0.25) is 5.69 Å². The standard InChI is InChI=1S/C15H11BNO2.3C13H8BN2O3.C12H7BN3O3.CH4.5Rb/c1-16-15-8-7-14(9-11(15)10-18-16)19-13-5-3-12(17-2)4-6-13;2*1-15-10-2-5-13(16-7-10)19-11-3-4-12-9(6-11)8-18-14(12)17;15-7-9-2-1-5-16-13(9)19-11-3-4-12-10(6-11)8-18-14(12)17;1-14-9-5-15-12(16-6-9)19-10-2-3-11-8(4-10)7-18-13(11)17;;;;;;/h3-5,7-9H,10H2,1H3;3-7,17H,8H2;2-4,6-7,17H,8H2;1-4,6,17H,8H2;2-5,17H,7H2;1H4;;;;;/q5*-1;;5*+1. The summed E-state index contributed by atoms with van der Waals surface area (Å²) in [6.07, 6.45) is 9.31. The number of ether oxygens (including phenoxy) is 5. The number of nitriles is 1. The van der Waals surface area contributed by atoms with E-state index in [-0.39, 0.29) is 323 Å².